The molecule has 1 amide bonds. The summed E-state index contributed by atoms with van der Waals surface area (Å²) in [5, 5.41) is 16.1. The van der Waals surface area contributed by atoms with E-state index >= 15 is 0 Å². The van der Waals surface area contributed by atoms with Crippen molar-refractivity contribution in [2.75, 3.05) is 6.61 Å². The zero-order valence-corrected chi connectivity index (χ0v) is 19.0. The zero-order chi connectivity index (χ0) is 23.4. The molecule has 2 heterocycles. The maximum atomic E-state index is 13.0. The molecule has 1 aliphatic rings. The highest BCUT2D eigenvalue weighted by atomic mass is 35.5. The molecule has 7 nitrogen and oxygen atoms in total. The van der Waals surface area contributed by atoms with Crippen LogP contribution in [0.5, 0.6) is 5.75 Å². The van der Waals surface area contributed by atoms with Crippen LogP contribution in [0.25, 0.3) is 10.9 Å². The maximum absolute atomic E-state index is 13.0. The zero-order valence-electron chi connectivity index (χ0n) is 18.2. The molecule has 1 aliphatic heterocycles. The Bertz CT molecular complexity index is 1210. The number of carboxylic acids is 1. The Morgan fingerprint density at radius 1 is 1.15 bits per heavy atom. The molecule has 4 rings (SSSR count). The van der Waals surface area contributed by atoms with Gasteiger partial charge in [-0.2, -0.15) is 5.10 Å². The lowest BCUT2D eigenvalue weighted by atomic mass is 9.98. The highest BCUT2D eigenvalue weighted by molar-refractivity contribution is 6.30. The minimum atomic E-state index is -0.930. The molecule has 1 N–H and O–H groups in total. The van der Waals surface area contributed by atoms with Gasteiger partial charge >= 0.3 is 5.97 Å². The van der Waals surface area contributed by atoms with E-state index in [0.717, 1.165) is 27.9 Å². The van der Waals surface area contributed by atoms with Gasteiger partial charge in [0, 0.05) is 30.2 Å². The van der Waals surface area contributed by atoms with E-state index in [2.05, 4.69) is 10.1 Å². The SMILES string of the molecule is CCOc1ccc2nc(Cl)c([C@@H]3CC(c4ccccc4)=NN3C(=O)CCCC(=O)O)cc2c1. The molecule has 0 saturated heterocycles. The molecule has 0 bridgehead atoms. The van der Waals surface area contributed by atoms with E-state index in [1.807, 2.05) is 61.5 Å². The quantitative estimate of drug-likeness (QED) is 0.460. The van der Waals surface area contributed by atoms with Crippen molar-refractivity contribution >= 4 is 40.1 Å². The number of carbonyl (C=O) groups excluding carboxylic acids is 1. The monoisotopic (exact) mass is 465 g/mol. The molecule has 0 radical (unpaired) electrons. The number of benzene rings is 2. The van der Waals surface area contributed by atoms with Crippen molar-refractivity contribution < 1.29 is 19.4 Å². The predicted octanol–water partition coefficient (Wildman–Crippen LogP) is 5.22. The topological polar surface area (TPSA) is 92.1 Å². The van der Waals surface area contributed by atoms with Crippen molar-refractivity contribution in [3.8, 4) is 5.75 Å². The third-order valence-corrected chi connectivity index (χ3v) is 5.79. The first-order chi connectivity index (χ1) is 16.0. The van der Waals surface area contributed by atoms with Gasteiger partial charge in [0.25, 0.3) is 0 Å². The summed E-state index contributed by atoms with van der Waals surface area (Å²) < 4.78 is 5.61. The Morgan fingerprint density at radius 2 is 1.94 bits per heavy atom. The molecule has 8 heteroatoms. The summed E-state index contributed by atoms with van der Waals surface area (Å²) in [6, 6.07) is 16.8. The molecule has 170 valence electrons. The number of carboxylic acid groups (broad SMARTS) is 1. The summed E-state index contributed by atoms with van der Waals surface area (Å²) in [5.41, 5.74) is 3.12. The van der Waals surface area contributed by atoms with Crippen LogP contribution < -0.4 is 4.74 Å². The van der Waals surface area contributed by atoms with Crippen LogP contribution in [0.1, 0.15) is 49.8 Å². The standard InChI is InChI=1S/C25H24ClN3O4/c1-2-33-18-11-12-20-17(13-18)14-19(25(26)27-20)22-15-21(16-7-4-3-5-8-16)28-29(22)23(30)9-6-10-24(31)32/h3-5,7-8,11-14,22H,2,6,9-10,15H2,1H3,(H,31,32)/t22-/m0/s1. The van der Waals surface area contributed by atoms with E-state index in [9.17, 15) is 9.59 Å². The van der Waals surface area contributed by atoms with Gasteiger partial charge in [0.15, 0.2) is 0 Å². The van der Waals surface area contributed by atoms with E-state index < -0.39 is 12.0 Å². The van der Waals surface area contributed by atoms with Gasteiger partial charge in [-0.3, -0.25) is 9.59 Å². The number of pyridine rings is 1. The Balaban J connectivity index is 1.70. The Hall–Kier alpha value is -3.45. The largest absolute Gasteiger partial charge is 0.494 e. The summed E-state index contributed by atoms with van der Waals surface area (Å²) in [4.78, 5) is 28.5. The first kappa shape index (κ1) is 22.7. The van der Waals surface area contributed by atoms with Gasteiger partial charge in [-0.05, 0) is 43.2 Å². The number of fused-ring (bicyclic) bond motifs is 1. The molecule has 3 aromatic rings. The van der Waals surface area contributed by atoms with Crippen LogP contribution in [-0.4, -0.2) is 39.3 Å². The summed E-state index contributed by atoms with van der Waals surface area (Å²) >= 11 is 6.58. The third kappa shape index (κ3) is 5.14. The number of hydrogen-bond donors (Lipinski definition) is 1. The van der Waals surface area contributed by atoms with Gasteiger partial charge in [-0.25, -0.2) is 9.99 Å². The van der Waals surface area contributed by atoms with Crippen LogP contribution in [0.15, 0.2) is 59.7 Å². The van der Waals surface area contributed by atoms with Crippen molar-refractivity contribution in [2.24, 2.45) is 5.10 Å². The number of hydrogen-bond acceptors (Lipinski definition) is 5. The average molecular weight is 466 g/mol. The molecule has 0 aliphatic carbocycles. The molecule has 33 heavy (non-hydrogen) atoms. The molecule has 0 spiro atoms. The predicted molar refractivity (Wildman–Crippen MR) is 127 cm³/mol. The fourth-order valence-corrected chi connectivity index (χ4v) is 4.20. The Kier molecular flexibility index (Phi) is 6.89. The van der Waals surface area contributed by atoms with Gasteiger partial charge in [-0.15, -0.1) is 0 Å². The summed E-state index contributed by atoms with van der Waals surface area (Å²) in [6.07, 6.45) is 0.737. The molecule has 1 aromatic heterocycles. The van der Waals surface area contributed by atoms with E-state index in [4.69, 9.17) is 21.4 Å². The average Bonchev–Trinajstić information content (AvgIpc) is 3.25. The van der Waals surface area contributed by atoms with Crippen molar-refractivity contribution in [1.29, 1.82) is 0 Å². The van der Waals surface area contributed by atoms with Crippen LogP contribution in [0.4, 0.5) is 0 Å². The molecule has 2 aromatic carbocycles. The molecular formula is C25H24ClN3O4. The van der Waals surface area contributed by atoms with Crippen LogP contribution in [-0.2, 0) is 9.59 Å². The van der Waals surface area contributed by atoms with Crippen LogP contribution in [0, 0.1) is 0 Å². The number of ether oxygens (including phenoxy) is 1. The Labute approximate surface area is 196 Å². The number of aliphatic carboxylic acids is 1. The number of halogens is 1. The van der Waals surface area contributed by atoms with E-state index in [1.54, 1.807) is 0 Å². The van der Waals surface area contributed by atoms with Gasteiger partial charge in [0.2, 0.25) is 5.91 Å². The van der Waals surface area contributed by atoms with Crippen LogP contribution in [0.2, 0.25) is 5.15 Å². The number of nitrogens with zero attached hydrogens (tertiary/aromatic N) is 3. The lowest BCUT2D eigenvalue weighted by molar-refractivity contribution is -0.137. The van der Waals surface area contributed by atoms with Crippen molar-refractivity contribution in [2.45, 2.75) is 38.6 Å². The highest BCUT2D eigenvalue weighted by Crippen LogP contribution is 2.38. The van der Waals surface area contributed by atoms with Crippen LogP contribution in [0.3, 0.4) is 0 Å². The van der Waals surface area contributed by atoms with Gasteiger partial charge in [0.1, 0.15) is 10.9 Å². The third-order valence-electron chi connectivity index (χ3n) is 5.49. The molecule has 1 atom stereocenters. The lowest BCUT2D eigenvalue weighted by Crippen LogP contribution is -2.27. The first-order valence-corrected chi connectivity index (χ1v) is 11.2. The van der Waals surface area contributed by atoms with Crippen LogP contribution >= 0.6 is 11.6 Å². The van der Waals surface area contributed by atoms with Gasteiger partial charge < -0.3 is 9.84 Å². The van der Waals surface area contributed by atoms with Crippen molar-refractivity contribution in [1.82, 2.24) is 9.99 Å². The summed E-state index contributed by atoms with van der Waals surface area (Å²) in [5.74, 6) is -0.443. The smallest absolute Gasteiger partial charge is 0.303 e. The number of rotatable bonds is 8. The second kappa shape index (κ2) is 10.0. The summed E-state index contributed by atoms with van der Waals surface area (Å²) in [6.45, 7) is 2.47. The number of hydrazone groups is 1. The normalized spacial score (nSPS) is 15.5. The maximum Gasteiger partial charge on any atom is 0.303 e. The van der Waals surface area contributed by atoms with E-state index in [-0.39, 0.29) is 25.2 Å². The first-order valence-electron chi connectivity index (χ1n) is 10.9. The van der Waals surface area contributed by atoms with Crippen molar-refractivity contribution in [3.05, 3.63) is 70.9 Å². The minimum Gasteiger partial charge on any atom is -0.494 e. The van der Waals surface area contributed by atoms with Crippen molar-refractivity contribution in [3.63, 3.8) is 0 Å². The molecule has 0 unspecified atom stereocenters. The minimum absolute atomic E-state index is 0.0714. The Morgan fingerprint density at radius 3 is 2.67 bits per heavy atom. The second-order valence-corrected chi connectivity index (χ2v) is 8.13. The lowest BCUT2D eigenvalue weighted by Gasteiger charge is -2.23. The summed E-state index contributed by atoms with van der Waals surface area (Å²) in [7, 11) is 0. The number of amides is 1. The molecule has 0 saturated carbocycles. The number of carbonyl (C=O) groups is 2. The van der Waals surface area contributed by atoms with E-state index in [1.165, 1.54) is 5.01 Å². The molecule has 0 fully saturated rings. The number of aromatic nitrogens is 1. The second-order valence-electron chi connectivity index (χ2n) is 7.77. The van der Waals surface area contributed by atoms with E-state index in [0.29, 0.717) is 23.7 Å². The fraction of sp³-hybridized carbons (Fsp3) is 0.280. The molecular weight excluding hydrogens is 442 g/mol. The van der Waals surface area contributed by atoms with Gasteiger partial charge in [0.05, 0.1) is 23.9 Å². The highest BCUT2D eigenvalue weighted by Gasteiger charge is 2.34. The fourth-order valence-electron chi connectivity index (χ4n) is 3.93. The van der Waals surface area contributed by atoms with Gasteiger partial charge in [-0.1, -0.05) is 41.9 Å².